The lowest BCUT2D eigenvalue weighted by molar-refractivity contribution is -0.384. The minimum Gasteiger partial charge on any atom is -0.306 e. The van der Waals surface area contributed by atoms with Gasteiger partial charge < -0.3 is 5.32 Å². The van der Waals surface area contributed by atoms with Crippen molar-refractivity contribution in [1.29, 1.82) is 0 Å². The van der Waals surface area contributed by atoms with Crippen molar-refractivity contribution in [1.82, 2.24) is 9.78 Å². The highest BCUT2D eigenvalue weighted by Crippen LogP contribution is 2.33. The Balaban J connectivity index is 1.79. The highest BCUT2D eigenvalue weighted by Gasteiger charge is 2.29. The Kier molecular flexibility index (Phi) is 4.93. The molecule has 10 heteroatoms. The number of nitro benzene ring substituents is 1. The number of non-ortho nitro benzene ring substituents is 1. The summed E-state index contributed by atoms with van der Waals surface area (Å²) in [6, 6.07) is 11.2. The predicted molar refractivity (Wildman–Crippen MR) is 110 cm³/mol. The molecule has 1 N–H and O–H groups in total. The monoisotopic (exact) mass is 430 g/mol. The van der Waals surface area contributed by atoms with E-state index in [1.54, 1.807) is 4.68 Å². The zero-order valence-corrected chi connectivity index (χ0v) is 16.8. The molecule has 4 rings (SSSR count). The van der Waals surface area contributed by atoms with Gasteiger partial charge >= 0.3 is 0 Å². The van der Waals surface area contributed by atoms with Crippen LogP contribution < -0.4 is 5.32 Å². The average Bonchev–Trinajstić information content (AvgIpc) is 3.19. The number of hydrogen-bond acceptors (Lipinski definition) is 5. The van der Waals surface area contributed by atoms with Crippen molar-refractivity contribution >= 4 is 39.8 Å². The molecule has 0 radical (unpaired) electrons. The summed E-state index contributed by atoms with van der Waals surface area (Å²) < 4.78 is 13.6. The first-order valence-corrected chi connectivity index (χ1v) is 10.5. The number of nitrogens with zero attached hydrogens (tertiary/aromatic N) is 3. The van der Waals surface area contributed by atoms with E-state index < -0.39 is 21.6 Å². The summed E-state index contributed by atoms with van der Waals surface area (Å²) in [5.74, 6) is 0.385. The molecule has 1 aromatic heterocycles. The summed E-state index contributed by atoms with van der Waals surface area (Å²) in [5, 5.41) is 18.5. The molecular formula is C19H15ClN4O4S. The number of rotatable bonds is 4. The molecule has 1 amide bonds. The molecule has 1 aliphatic heterocycles. The second-order valence-corrected chi connectivity index (χ2v) is 8.44. The van der Waals surface area contributed by atoms with E-state index in [0.717, 1.165) is 17.3 Å². The smallest absolute Gasteiger partial charge is 0.270 e. The lowest BCUT2D eigenvalue weighted by Crippen LogP contribution is -2.17. The van der Waals surface area contributed by atoms with E-state index in [-0.39, 0.29) is 22.0 Å². The van der Waals surface area contributed by atoms with Gasteiger partial charge in [0.15, 0.2) is 0 Å². The normalized spacial score (nSPS) is 15.2. The Labute approximate surface area is 173 Å². The summed E-state index contributed by atoms with van der Waals surface area (Å²) in [7, 11) is -1.08. The third-order valence-electron chi connectivity index (χ3n) is 4.65. The van der Waals surface area contributed by atoms with E-state index in [2.05, 4.69) is 10.4 Å². The van der Waals surface area contributed by atoms with Crippen LogP contribution >= 0.6 is 11.6 Å². The van der Waals surface area contributed by atoms with Crippen molar-refractivity contribution in [3.63, 3.8) is 0 Å². The Bertz CT molecular complexity index is 1190. The van der Waals surface area contributed by atoms with E-state index in [1.807, 2.05) is 31.2 Å². The Morgan fingerprint density at radius 2 is 2.03 bits per heavy atom. The van der Waals surface area contributed by atoms with Crippen molar-refractivity contribution in [2.45, 2.75) is 18.4 Å². The number of fused-ring (bicyclic) bond motifs is 1. The van der Waals surface area contributed by atoms with E-state index in [9.17, 15) is 19.1 Å². The lowest BCUT2D eigenvalue weighted by Gasteiger charge is -2.13. The van der Waals surface area contributed by atoms with Gasteiger partial charge in [-0.2, -0.15) is 5.10 Å². The third-order valence-corrected chi connectivity index (χ3v) is 6.19. The van der Waals surface area contributed by atoms with Gasteiger partial charge in [0.1, 0.15) is 5.82 Å². The first kappa shape index (κ1) is 19.3. The van der Waals surface area contributed by atoms with Crippen LogP contribution in [0.3, 0.4) is 0 Å². The van der Waals surface area contributed by atoms with Crippen LogP contribution in [0.25, 0.3) is 5.69 Å². The van der Waals surface area contributed by atoms with Crippen molar-refractivity contribution in [2.75, 3.05) is 5.32 Å². The summed E-state index contributed by atoms with van der Waals surface area (Å²) in [5.41, 5.74) is 2.81. The molecule has 2 heterocycles. The van der Waals surface area contributed by atoms with Crippen molar-refractivity contribution in [2.24, 2.45) is 0 Å². The van der Waals surface area contributed by atoms with Crippen molar-refractivity contribution < 1.29 is 13.9 Å². The van der Waals surface area contributed by atoms with Crippen LogP contribution in [0, 0.1) is 17.0 Å². The molecule has 0 fully saturated rings. The van der Waals surface area contributed by atoms with Crippen LogP contribution in [0.5, 0.6) is 0 Å². The first-order valence-electron chi connectivity index (χ1n) is 8.62. The molecule has 0 spiro atoms. The maximum absolute atomic E-state index is 12.9. The number of nitrogens with one attached hydrogen (secondary N) is 1. The summed E-state index contributed by atoms with van der Waals surface area (Å²) in [4.78, 5) is 23.4. The van der Waals surface area contributed by atoms with Gasteiger partial charge in [0.2, 0.25) is 0 Å². The highest BCUT2D eigenvalue weighted by molar-refractivity contribution is 7.83. The molecule has 0 aliphatic carbocycles. The number of para-hydroxylation sites is 1. The first-order chi connectivity index (χ1) is 13.8. The summed E-state index contributed by atoms with van der Waals surface area (Å²) >= 11 is 6.10. The van der Waals surface area contributed by atoms with E-state index in [1.165, 1.54) is 12.1 Å². The van der Waals surface area contributed by atoms with Crippen molar-refractivity contribution in [3.05, 3.63) is 80.0 Å². The van der Waals surface area contributed by atoms with Gasteiger partial charge in [0, 0.05) is 28.5 Å². The standard InChI is InChI=1S/C19H15ClN4O4S/c1-11-4-2-3-5-17(11)23-18(14-9-29(28)10-16(14)22-23)21-19(25)13-8-12(24(26)27)6-7-15(13)20/h2-8H,9-10H2,1H3,(H,21,25). The second kappa shape index (κ2) is 7.41. The molecule has 1 unspecified atom stereocenters. The van der Waals surface area contributed by atoms with Gasteiger partial charge in [-0.15, -0.1) is 0 Å². The zero-order valence-electron chi connectivity index (χ0n) is 15.2. The molecule has 8 nitrogen and oxygen atoms in total. The Morgan fingerprint density at radius 1 is 1.28 bits per heavy atom. The number of carbonyl (C=O) groups excluding carboxylic acids is 1. The van der Waals surface area contributed by atoms with Crippen LogP contribution in [0.1, 0.15) is 27.2 Å². The molecule has 1 atom stereocenters. The van der Waals surface area contributed by atoms with Gasteiger partial charge in [0.05, 0.1) is 38.4 Å². The van der Waals surface area contributed by atoms with Crippen LogP contribution in [0.4, 0.5) is 11.5 Å². The van der Waals surface area contributed by atoms with Crippen LogP contribution in [0.15, 0.2) is 42.5 Å². The molecular weight excluding hydrogens is 416 g/mol. The SMILES string of the molecule is Cc1ccccc1-n1nc2c(c1NC(=O)c1cc([N+](=O)[O-])ccc1Cl)CS(=O)C2. The fourth-order valence-corrected chi connectivity index (χ4v) is 4.67. The second-order valence-electron chi connectivity index (χ2n) is 6.58. The molecule has 2 aromatic carbocycles. The van der Waals surface area contributed by atoms with Crippen LogP contribution in [-0.4, -0.2) is 24.8 Å². The topological polar surface area (TPSA) is 107 Å². The number of carbonyl (C=O) groups is 1. The minimum atomic E-state index is -1.08. The average molecular weight is 431 g/mol. The van der Waals surface area contributed by atoms with Gasteiger partial charge in [-0.05, 0) is 24.6 Å². The molecule has 0 saturated carbocycles. The number of nitro groups is 1. The maximum Gasteiger partial charge on any atom is 0.270 e. The molecule has 148 valence electrons. The number of hydrogen-bond donors (Lipinski definition) is 1. The molecule has 0 bridgehead atoms. The summed E-state index contributed by atoms with van der Waals surface area (Å²) in [6.45, 7) is 1.92. The Morgan fingerprint density at radius 3 is 2.76 bits per heavy atom. The summed E-state index contributed by atoms with van der Waals surface area (Å²) in [6.07, 6.45) is 0. The van der Waals surface area contributed by atoms with Crippen LogP contribution in [0.2, 0.25) is 5.02 Å². The van der Waals surface area contributed by atoms with E-state index >= 15 is 0 Å². The third kappa shape index (κ3) is 3.54. The predicted octanol–water partition coefficient (Wildman–Crippen LogP) is 3.76. The number of anilines is 1. The molecule has 29 heavy (non-hydrogen) atoms. The highest BCUT2D eigenvalue weighted by atomic mass is 35.5. The van der Waals surface area contributed by atoms with E-state index in [4.69, 9.17) is 11.6 Å². The van der Waals surface area contributed by atoms with Gasteiger partial charge in [-0.3, -0.25) is 19.1 Å². The van der Waals surface area contributed by atoms with Gasteiger partial charge in [-0.1, -0.05) is 29.8 Å². The minimum absolute atomic E-state index is 0.0220. The number of amides is 1. The van der Waals surface area contributed by atoms with Crippen molar-refractivity contribution in [3.8, 4) is 5.69 Å². The number of benzene rings is 2. The largest absolute Gasteiger partial charge is 0.306 e. The number of halogens is 1. The van der Waals surface area contributed by atoms with E-state index in [0.29, 0.717) is 22.8 Å². The quantitative estimate of drug-likeness (QED) is 0.501. The Hall–Kier alpha value is -3.04. The zero-order chi connectivity index (χ0) is 20.7. The lowest BCUT2D eigenvalue weighted by atomic mass is 10.1. The van der Waals surface area contributed by atoms with Crippen LogP contribution in [-0.2, 0) is 22.3 Å². The molecule has 1 aliphatic rings. The number of aromatic nitrogens is 2. The molecule has 0 saturated heterocycles. The fraction of sp³-hybridized carbons (Fsp3) is 0.158. The fourth-order valence-electron chi connectivity index (χ4n) is 3.21. The molecule has 3 aromatic rings. The number of aryl methyl sites for hydroxylation is 1. The van der Waals surface area contributed by atoms with Gasteiger partial charge in [-0.25, -0.2) is 4.68 Å². The van der Waals surface area contributed by atoms with Gasteiger partial charge in [0.25, 0.3) is 11.6 Å². The maximum atomic E-state index is 12.9.